The molecule has 16 heteroatoms. The van der Waals surface area contributed by atoms with Crippen LogP contribution in [0.4, 0.5) is 43.9 Å². The summed E-state index contributed by atoms with van der Waals surface area (Å²) in [5.74, 6) is -6.89. The third-order valence-electron chi connectivity index (χ3n) is 2.59. The van der Waals surface area contributed by atoms with Gasteiger partial charge in [-0.1, -0.05) is 14.4 Å². The van der Waals surface area contributed by atoms with E-state index in [1.54, 1.807) is 0 Å². The Morgan fingerprint density at radius 2 is 1.31 bits per heavy atom. The monoisotopic (exact) mass is 436 g/mol. The quantitative estimate of drug-likeness (QED) is 0.453. The molecule has 0 amide bonds. The lowest BCUT2D eigenvalue weighted by Crippen LogP contribution is -2.64. The van der Waals surface area contributed by atoms with Crippen LogP contribution >= 0.6 is 0 Å². The van der Waals surface area contributed by atoms with Crippen LogP contribution < -0.4 is 0 Å². The fraction of sp³-hybridized carbons (Fsp3) is 1.00. The van der Waals surface area contributed by atoms with Crippen LogP contribution in [0.1, 0.15) is 27.7 Å². The molecule has 0 spiro atoms. The Hall–Kier alpha value is -0.870. The largest absolute Gasteiger partial charge is 0.460 e. The van der Waals surface area contributed by atoms with E-state index in [0.29, 0.717) is 6.92 Å². The van der Waals surface area contributed by atoms with Crippen LogP contribution in [-0.2, 0) is 19.6 Å². The van der Waals surface area contributed by atoms with Crippen molar-refractivity contribution in [2.75, 3.05) is 0 Å². The van der Waals surface area contributed by atoms with Gasteiger partial charge in [0, 0.05) is 0 Å². The fourth-order valence-electron chi connectivity index (χ4n) is 1.08. The van der Waals surface area contributed by atoms with Crippen molar-refractivity contribution in [3.8, 4) is 0 Å². The van der Waals surface area contributed by atoms with Crippen molar-refractivity contribution in [2.45, 2.75) is 63.3 Å². The van der Waals surface area contributed by atoms with E-state index in [1.807, 2.05) is 4.74 Å². The molecule has 0 saturated carbocycles. The van der Waals surface area contributed by atoms with E-state index in [4.69, 9.17) is 4.55 Å². The van der Waals surface area contributed by atoms with E-state index < -0.39 is 52.1 Å². The first kappa shape index (κ1) is 27.3. The first-order valence-corrected chi connectivity index (χ1v) is 7.34. The van der Waals surface area contributed by atoms with Crippen LogP contribution in [-0.4, -0.2) is 48.6 Å². The van der Waals surface area contributed by atoms with Crippen LogP contribution in [0, 0.1) is 0 Å². The Bertz CT molecular complexity index is 575. The third kappa shape index (κ3) is 4.89. The Morgan fingerprint density at radius 1 is 0.923 bits per heavy atom. The molecule has 2 atom stereocenters. The first-order valence-electron chi connectivity index (χ1n) is 5.90. The van der Waals surface area contributed by atoms with Gasteiger partial charge in [0.25, 0.3) is 0 Å². The number of ether oxygens (including phenoxy) is 2. The normalized spacial score (nSPS) is 18.0. The van der Waals surface area contributed by atoms with Gasteiger partial charge in [0.2, 0.25) is 0 Å². The third-order valence-corrected chi connectivity index (χ3v) is 3.48. The summed E-state index contributed by atoms with van der Waals surface area (Å²) in [7, 11) is -7.18. The predicted octanol–water partition coefficient (Wildman–Crippen LogP) is 4.35. The molecular formula is C10H14F10O5S. The summed E-state index contributed by atoms with van der Waals surface area (Å²) < 4.78 is 163. The van der Waals surface area contributed by atoms with Gasteiger partial charge in [0.15, 0.2) is 0 Å². The minimum Gasteiger partial charge on any atom is -0.313 e. The van der Waals surface area contributed by atoms with Crippen LogP contribution in [0.5, 0.6) is 0 Å². The molecule has 0 aliphatic carbocycles. The zero-order valence-corrected chi connectivity index (χ0v) is 12.9. The topological polar surface area (TPSA) is 72.8 Å². The highest BCUT2D eigenvalue weighted by molar-refractivity contribution is 7.86. The van der Waals surface area contributed by atoms with Crippen molar-refractivity contribution in [2.24, 2.45) is 0 Å². The van der Waals surface area contributed by atoms with Gasteiger partial charge in [0.05, 0.1) is 6.10 Å². The SMILES string of the molecule is C.CCC(C)OC(F)(F)C(F)(OC(F)(F)C(F)(F)S(=O)(=O)O)C(F)(F)F. The van der Waals surface area contributed by atoms with Gasteiger partial charge >= 0.3 is 39.6 Å². The highest BCUT2D eigenvalue weighted by Crippen LogP contribution is 2.53. The minimum atomic E-state index is -7.18. The van der Waals surface area contributed by atoms with Crippen molar-refractivity contribution >= 4 is 10.1 Å². The predicted molar refractivity (Wildman–Crippen MR) is 64.9 cm³/mol. The molecular weight excluding hydrogens is 422 g/mol. The van der Waals surface area contributed by atoms with Crippen molar-refractivity contribution < 1.29 is 66.3 Å². The second-order valence-electron chi connectivity index (χ2n) is 4.56. The van der Waals surface area contributed by atoms with Crippen molar-refractivity contribution in [1.82, 2.24) is 0 Å². The van der Waals surface area contributed by atoms with E-state index in [2.05, 4.69) is 4.74 Å². The van der Waals surface area contributed by atoms with E-state index in [9.17, 15) is 52.3 Å². The molecule has 0 bridgehead atoms. The van der Waals surface area contributed by atoms with Crippen molar-refractivity contribution in [3.05, 3.63) is 0 Å². The first-order chi connectivity index (χ1) is 10.7. The smallest absolute Gasteiger partial charge is 0.313 e. The summed E-state index contributed by atoms with van der Waals surface area (Å²) >= 11 is 0. The highest BCUT2D eigenvalue weighted by Gasteiger charge is 2.81. The van der Waals surface area contributed by atoms with Gasteiger partial charge < -0.3 is 4.74 Å². The van der Waals surface area contributed by atoms with Crippen molar-refractivity contribution in [1.29, 1.82) is 0 Å². The van der Waals surface area contributed by atoms with E-state index in [0.717, 1.165) is 6.92 Å². The number of alkyl halides is 10. The van der Waals surface area contributed by atoms with Gasteiger partial charge in [-0.05, 0) is 13.3 Å². The van der Waals surface area contributed by atoms with Gasteiger partial charge in [0.1, 0.15) is 0 Å². The fourth-order valence-corrected chi connectivity index (χ4v) is 1.42. The second kappa shape index (κ2) is 7.63. The lowest BCUT2D eigenvalue weighted by Gasteiger charge is -2.37. The van der Waals surface area contributed by atoms with Gasteiger partial charge in [-0.2, -0.15) is 52.3 Å². The summed E-state index contributed by atoms with van der Waals surface area (Å²) in [6.07, 6.45) is -22.8. The van der Waals surface area contributed by atoms with Gasteiger partial charge in [-0.15, -0.1) is 0 Å². The maximum absolute atomic E-state index is 13.7. The van der Waals surface area contributed by atoms with Crippen LogP contribution in [0.25, 0.3) is 0 Å². The number of rotatable bonds is 8. The van der Waals surface area contributed by atoms with Crippen LogP contribution in [0.2, 0.25) is 0 Å². The molecule has 1 N–H and O–H groups in total. The van der Waals surface area contributed by atoms with Crippen LogP contribution in [0.15, 0.2) is 0 Å². The molecule has 0 fully saturated rings. The number of hydrogen-bond acceptors (Lipinski definition) is 4. The van der Waals surface area contributed by atoms with E-state index in [-0.39, 0.29) is 7.43 Å². The van der Waals surface area contributed by atoms with Gasteiger partial charge in [-0.3, -0.25) is 9.29 Å². The molecule has 2 unspecified atom stereocenters. The maximum Gasteiger partial charge on any atom is 0.460 e. The molecule has 0 rings (SSSR count). The Morgan fingerprint density at radius 3 is 1.58 bits per heavy atom. The Balaban J connectivity index is 0. The zero-order valence-electron chi connectivity index (χ0n) is 12.1. The number of halogens is 10. The van der Waals surface area contributed by atoms with Crippen LogP contribution in [0.3, 0.4) is 0 Å². The molecule has 0 saturated heterocycles. The molecule has 0 aromatic carbocycles. The summed E-state index contributed by atoms with van der Waals surface area (Å²) in [6.45, 7) is 1.71. The van der Waals surface area contributed by atoms with Crippen molar-refractivity contribution in [3.63, 3.8) is 0 Å². The molecule has 5 nitrogen and oxygen atoms in total. The lowest BCUT2D eigenvalue weighted by molar-refractivity contribution is -0.516. The summed E-state index contributed by atoms with van der Waals surface area (Å²) in [5, 5.41) is -6.89. The molecule has 0 aliphatic heterocycles. The van der Waals surface area contributed by atoms with E-state index in [1.165, 1.54) is 0 Å². The number of hydrogen-bond donors (Lipinski definition) is 1. The molecule has 0 aromatic heterocycles. The highest BCUT2D eigenvalue weighted by atomic mass is 32.2. The Kier molecular flexibility index (Phi) is 8.03. The molecule has 0 heterocycles. The second-order valence-corrected chi connectivity index (χ2v) is 6.02. The summed E-state index contributed by atoms with van der Waals surface area (Å²) in [6, 6.07) is 0. The lowest BCUT2D eigenvalue weighted by atomic mass is 10.2. The molecule has 26 heavy (non-hydrogen) atoms. The average molecular weight is 436 g/mol. The molecule has 0 radical (unpaired) electrons. The van der Waals surface area contributed by atoms with Gasteiger partial charge in [-0.25, -0.2) is 0 Å². The Labute approximate surface area is 141 Å². The maximum atomic E-state index is 13.7. The molecule has 0 aliphatic rings. The van der Waals surface area contributed by atoms with E-state index >= 15 is 0 Å². The zero-order chi connectivity index (χ0) is 20.7. The minimum absolute atomic E-state index is 0. The molecule has 160 valence electrons. The molecule has 0 aromatic rings. The average Bonchev–Trinajstić information content (AvgIpc) is 2.34. The summed E-state index contributed by atoms with van der Waals surface area (Å²) in [5.41, 5.74) is 0. The summed E-state index contributed by atoms with van der Waals surface area (Å²) in [4.78, 5) is 0. The standard InChI is InChI=1S/C9H10F10O5S.CH4/c1-3-4(2)23-7(14,15)5(10,6(11,12)13)24-8(16,17)9(18,19)25(20,21)22;/h4H,3H2,1-2H3,(H,20,21,22);1H4.